The summed E-state index contributed by atoms with van der Waals surface area (Å²) in [6.45, 7) is 5.52. The molecule has 0 aromatic rings. The summed E-state index contributed by atoms with van der Waals surface area (Å²) in [5, 5.41) is 20.5. The highest BCUT2D eigenvalue weighted by Crippen LogP contribution is 2.19. The normalized spacial score (nSPS) is 26.8. The van der Waals surface area contributed by atoms with Crippen LogP contribution in [0.5, 0.6) is 0 Å². The summed E-state index contributed by atoms with van der Waals surface area (Å²) in [7, 11) is 0. The van der Waals surface area contributed by atoms with Gasteiger partial charge in [-0.25, -0.2) is 9.59 Å². The highest BCUT2D eigenvalue weighted by atomic mass is 16.6. The number of hydrogen-bond acceptors (Lipinski definition) is 7. The van der Waals surface area contributed by atoms with Gasteiger partial charge in [0, 0.05) is 18.4 Å². The van der Waals surface area contributed by atoms with Crippen molar-refractivity contribution in [2.45, 2.75) is 83.7 Å². The molecule has 4 N–H and O–H groups in total. The maximum absolute atomic E-state index is 12.4. The van der Waals surface area contributed by atoms with E-state index in [0.717, 1.165) is 17.4 Å². The highest BCUT2D eigenvalue weighted by Gasteiger charge is 2.20. The van der Waals surface area contributed by atoms with Gasteiger partial charge in [0.25, 0.3) is 0 Å². The van der Waals surface area contributed by atoms with Crippen LogP contribution in [0.3, 0.4) is 0 Å². The molecule has 0 fully saturated rings. The summed E-state index contributed by atoms with van der Waals surface area (Å²) in [4.78, 5) is 34.7. The molecule has 194 valence electrons. The standard InChI is InChI=1S/C27H39NO7/c1-19-10-6-4-8-12-24(35-27(28)33)23(31)15-14-22(30)11-7-5-9-13-26(32)34-25(17-19)21(3)16-20(2)18-29/h4,6,9-10,13-16,18,20,22-25,30-31H,5,7-8,11-12,17H2,1-3H3,(H2,28,33)/b6-4?,13-9?,15-14?,19-10?,21-16+. The van der Waals surface area contributed by atoms with Crippen molar-refractivity contribution in [3.63, 3.8) is 0 Å². The molecule has 0 spiro atoms. The molecule has 1 rings (SSSR count). The van der Waals surface area contributed by atoms with Crippen LogP contribution in [-0.2, 0) is 19.1 Å². The van der Waals surface area contributed by atoms with Crippen molar-refractivity contribution in [3.8, 4) is 0 Å². The summed E-state index contributed by atoms with van der Waals surface area (Å²) in [5.74, 6) is -0.760. The zero-order valence-corrected chi connectivity index (χ0v) is 20.8. The van der Waals surface area contributed by atoms with Crippen LogP contribution in [0, 0.1) is 5.92 Å². The van der Waals surface area contributed by atoms with Crippen LogP contribution >= 0.6 is 0 Å². The average Bonchev–Trinajstić information content (AvgIpc) is 2.79. The van der Waals surface area contributed by atoms with Gasteiger partial charge < -0.3 is 30.2 Å². The van der Waals surface area contributed by atoms with Crippen LogP contribution in [0.25, 0.3) is 0 Å². The first-order valence-corrected chi connectivity index (χ1v) is 12.0. The van der Waals surface area contributed by atoms with Gasteiger partial charge in [-0.1, -0.05) is 55.0 Å². The minimum Gasteiger partial charge on any atom is -0.454 e. The Hall–Kier alpha value is -2.97. The van der Waals surface area contributed by atoms with Gasteiger partial charge in [0.05, 0.1) is 6.10 Å². The number of ether oxygens (including phenoxy) is 2. The van der Waals surface area contributed by atoms with E-state index in [1.165, 1.54) is 18.2 Å². The minimum atomic E-state index is -1.10. The molecule has 35 heavy (non-hydrogen) atoms. The van der Waals surface area contributed by atoms with Crippen LogP contribution in [0.1, 0.15) is 59.3 Å². The zero-order valence-electron chi connectivity index (χ0n) is 20.8. The maximum Gasteiger partial charge on any atom is 0.404 e. The largest absolute Gasteiger partial charge is 0.454 e. The number of amides is 1. The molecule has 0 aromatic heterocycles. The smallest absolute Gasteiger partial charge is 0.404 e. The molecule has 5 atom stereocenters. The van der Waals surface area contributed by atoms with Gasteiger partial charge in [-0.05, 0) is 51.5 Å². The van der Waals surface area contributed by atoms with Crippen molar-refractivity contribution in [2.75, 3.05) is 0 Å². The first-order valence-electron chi connectivity index (χ1n) is 12.0. The second-order valence-electron chi connectivity index (χ2n) is 8.81. The number of allylic oxidation sites excluding steroid dienone is 5. The van der Waals surface area contributed by atoms with E-state index in [1.807, 2.05) is 32.1 Å². The van der Waals surface area contributed by atoms with Crippen LogP contribution in [-0.4, -0.2) is 53.0 Å². The number of esters is 1. The molecule has 5 unspecified atom stereocenters. The third kappa shape index (κ3) is 13.5. The van der Waals surface area contributed by atoms with Gasteiger partial charge in [0.1, 0.15) is 24.6 Å². The Bertz CT molecular complexity index is 840. The fourth-order valence-electron chi connectivity index (χ4n) is 3.52. The van der Waals surface area contributed by atoms with Crippen molar-refractivity contribution in [3.05, 3.63) is 59.8 Å². The lowest BCUT2D eigenvalue weighted by Gasteiger charge is -2.20. The number of cyclic esters (lactones) is 1. The SMILES string of the molecule is CC1=CC=CCCC(OC(N)=O)C(O)C=CC(O)CCCC=CC(=O)OC(/C(C)=C/C(C)C=O)C1. The van der Waals surface area contributed by atoms with Crippen molar-refractivity contribution in [1.29, 1.82) is 0 Å². The Morgan fingerprint density at radius 2 is 1.97 bits per heavy atom. The number of nitrogens with two attached hydrogens (primary N) is 1. The molecule has 1 amide bonds. The summed E-state index contributed by atoms with van der Waals surface area (Å²) in [6.07, 6.45) is 12.8. The van der Waals surface area contributed by atoms with E-state index in [1.54, 1.807) is 19.1 Å². The first-order chi connectivity index (χ1) is 16.6. The van der Waals surface area contributed by atoms with Gasteiger partial charge >= 0.3 is 12.1 Å². The van der Waals surface area contributed by atoms with E-state index < -0.39 is 36.5 Å². The van der Waals surface area contributed by atoms with Gasteiger partial charge in [0.2, 0.25) is 0 Å². The van der Waals surface area contributed by atoms with Gasteiger partial charge in [-0.3, -0.25) is 0 Å². The molecule has 0 radical (unpaired) electrons. The lowest BCUT2D eigenvalue weighted by molar-refractivity contribution is -0.141. The fourth-order valence-corrected chi connectivity index (χ4v) is 3.52. The van der Waals surface area contributed by atoms with Crippen molar-refractivity contribution in [1.82, 2.24) is 0 Å². The molecular formula is C27H39NO7. The number of aldehydes is 1. The third-order valence-electron chi connectivity index (χ3n) is 5.45. The van der Waals surface area contributed by atoms with Gasteiger partial charge in [-0.2, -0.15) is 0 Å². The average molecular weight is 490 g/mol. The highest BCUT2D eigenvalue weighted by molar-refractivity contribution is 5.82. The molecule has 8 nitrogen and oxygen atoms in total. The molecule has 0 bridgehead atoms. The molecule has 0 saturated carbocycles. The lowest BCUT2D eigenvalue weighted by atomic mass is 9.99. The number of rotatable bonds is 4. The molecule has 8 heteroatoms. The number of aliphatic hydroxyl groups excluding tert-OH is 2. The number of primary amides is 1. The third-order valence-corrected chi connectivity index (χ3v) is 5.45. The van der Waals surface area contributed by atoms with Gasteiger partial charge in [0.15, 0.2) is 0 Å². The molecule has 0 saturated heterocycles. The van der Waals surface area contributed by atoms with Crippen LogP contribution in [0.4, 0.5) is 4.79 Å². The first kappa shape index (κ1) is 30.1. The summed E-state index contributed by atoms with van der Waals surface area (Å²) < 4.78 is 10.7. The Balaban J connectivity index is 3.09. The summed E-state index contributed by atoms with van der Waals surface area (Å²) in [6, 6.07) is 0. The minimum absolute atomic E-state index is 0.291. The maximum atomic E-state index is 12.4. The van der Waals surface area contributed by atoms with Crippen molar-refractivity contribution < 1.29 is 34.1 Å². The number of aliphatic hydroxyl groups is 2. The fraction of sp³-hybridized carbons (Fsp3) is 0.519. The van der Waals surface area contributed by atoms with Crippen LogP contribution < -0.4 is 5.73 Å². The summed E-state index contributed by atoms with van der Waals surface area (Å²) >= 11 is 0. The number of carbonyl (C=O) groups is 3. The molecule has 0 aliphatic carbocycles. The van der Waals surface area contributed by atoms with E-state index in [2.05, 4.69) is 0 Å². The second-order valence-corrected chi connectivity index (χ2v) is 8.81. The Morgan fingerprint density at radius 1 is 1.23 bits per heavy atom. The van der Waals surface area contributed by atoms with E-state index in [4.69, 9.17) is 15.2 Å². The molecule has 0 aromatic carbocycles. The Labute approximate surface area is 207 Å². The van der Waals surface area contributed by atoms with E-state index >= 15 is 0 Å². The number of carbonyl (C=O) groups excluding carboxylic acids is 3. The van der Waals surface area contributed by atoms with Gasteiger partial charge in [-0.15, -0.1) is 0 Å². The van der Waals surface area contributed by atoms with E-state index in [-0.39, 0.29) is 5.92 Å². The van der Waals surface area contributed by atoms with Crippen molar-refractivity contribution in [2.24, 2.45) is 11.7 Å². The van der Waals surface area contributed by atoms with Crippen molar-refractivity contribution >= 4 is 18.3 Å². The lowest BCUT2D eigenvalue weighted by Crippen LogP contribution is -2.32. The van der Waals surface area contributed by atoms with Crippen LogP contribution in [0.2, 0.25) is 0 Å². The topological polar surface area (TPSA) is 136 Å². The van der Waals surface area contributed by atoms with E-state index in [9.17, 15) is 24.6 Å². The number of hydrogen-bond donors (Lipinski definition) is 3. The van der Waals surface area contributed by atoms with Crippen LogP contribution in [0.15, 0.2) is 59.8 Å². The predicted molar refractivity (Wildman–Crippen MR) is 134 cm³/mol. The monoisotopic (exact) mass is 489 g/mol. The summed E-state index contributed by atoms with van der Waals surface area (Å²) in [5.41, 5.74) is 6.89. The molecule has 1 aliphatic heterocycles. The zero-order chi connectivity index (χ0) is 26.2. The molecule has 1 aliphatic rings. The quantitative estimate of drug-likeness (QED) is 0.310. The second kappa shape index (κ2) is 16.6. The van der Waals surface area contributed by atoms with E-state index in [0.29, 0.717) is 38.5 Å². The molecule has 1 heterocycles. The Kier molecular flexibility index (Phi) is 14.3. The molecular weight excluding hydrogens is 450 g/mol. The predicted octanol–water partition coefficient (Wildman–Crippen LogP) is 3.83. The Morgan fingerprint density at radius 3 is 2.66 bits per heavy atom.